The second-order valence-electron chi connectivity index (χ2n) is 8.08. The molecule has 0 amide bonds. The Labute approximate surface area is 175 Å². The first-order chi connectivity index (χ1) is 13.1. The van der Waals surface area contributed by atoms with E-state index in [0.717, 1.165) is 27.7 Å². The summed E-state index contributed by atoms with van der Waals surface area (Å²) in [5.74, 6) is -0.812. The van der Waals surface area contributed by atoms with Crippen molar-refractivity contribution < 1.29 is 9.90 Å². The third-order valence-electron chi connectivity index (χ3n) is 5.95. The highest BCUT2D eigenvalue weighted by atomic mass is 35.5. The Bertz CT molecular complexity index is 1020. The molecule has 0 saturated heterocycles. The molecule has 148 valence electrons. The molecule has 0 spiro atoms. The van der Waals surface area contributed by atoms with Crippen molar-refractivity contribution in [2.75, 3.05) is 0 Å². The highest BCUT2D eigenvalue weighted by molar-refractivity contribution is 6.31. The molecule has 0 radical (unpaired) electrons. The summed E-state index contributed by atoms with van der Waals surface area (Å²) < 4.78 is 2.28. The van der Waals surface area contributed by atoms with Crippen LogP contribution < -0.4 is 0 Å². The molecule has 3 nitrogen and oxygen atoms in total. The second-order valence-corrected chi connectivity index (χ2v) is 8.95. The Kier molecular flexibility index (Phi) is 5.79. The lowest BCUT2D eigenvalue weighted by Gasteiger charge is -2.28. The van der Waals surface area contributed by atoms with Crippen molar-refractivity contribution >= 4 is 40.1 Å². The number of carboxylic acids is 1. The van der Waals surface area contributed by atoms with Gasteiger partial charge < -0.3 is 9.67 Å². The molecule has 1 aromatic heterocycles. The summed E-state index contributed by atoms with van der Waals surface area (Å²) >= 11 is 12.3. The van der Waals surface area contributed by atoms with Gasteiger partial charge in [0, 0.05) is 33.2 Å². The number of fused-ring (bicyclic) bond motifs is 1. The van der Waals surface area contributed by atoms with Crippen LogP contribution in [0.15, 0.2) is 42.5 Å². The van der Waals surface area contributed by atoms with Crippen molar-refractivity contribution in [1.82, 2.24) is 4.57 Å². The average Bonchev–Trinajstić information content (AvgIpc) is 2.88. The molecule has 0 bridgehead atoms. The van der Waals surface area contributed by atoms with Crippen molar-refractivity contribution in [2.24, 2.45) is 11.3 Å². The van der Waals surface area contributed by atoms with Gasteiger partial charge in [0.15, 0.2) is 0 Å². The summed E-state index contributed by atoms with van der Waals surface area (Å²) in [4.78, 5) is 11.7. The minimum Gasteiger partial charge on any atom is -0.481 e. The standard InChI is InChI=1S/C23H25Cl2NO2/c1-14(23(3,4)22(27)28)11-21-15(2)19-12-18(25)9-10-20(19)26(21)13-16-5-7-17(24)8-6-16/h5-10,12,14H,11,13H2,1-4H3,(H,27,28). The molecule has 0 aliphatic heterocycles. The molecule has 1 N–H and O–H groups in total. The summed E-state index contributed by atoms with van der Waals surface area (Å²) in [6.07, 6.45) is 0.672. The van der Waals surface area contributed by atoms with Gasteiger partial charge in [0.1, 0.15) is 0 Å². The van der Waals surface area contributed by atoms with Crippen molar-refractivity contribution in [2.45, 2.75) is 40.7 Å². The van der Waals surface area contributed by atoms with Gasteiger partial charge in [-0.15, -0.1) is 0 Å². The first kappa shape index (κ1) is 20.8. The average molecular weight is 418 g/mol. The molecule has 1 heterocycles. The molecule has 28 heavy (non-hydrogen) atoms. The van der Waals surface area contributed by atoms with Crippen LogP contribution in [0.1, 0.15) is 37.6 Å². The topological polar surface area (TPSA) is 42.2 Å². The molecule has 5 heteroatoms. The van der Waals surface area contributed by atoms with E-state index in [1.54, 1.807) is 13.8 Å². The number of aliphatic carboxylic acids is 1. The number of aromatic nitrogens is 1. The Balaban J connectivity index is 2.10. The highest BCUT2D eigenvalue weighted by Crippen LogP contribution is 2.35. The fourth-order valence-electron chi connectivity index (χ4n) is 3.52. The van der Waals surface area contributed by atoms with Gasteiger partial charge in [-0.05, 0) is 74.6 Å². The van der Waals surface area contributed by atoms with Gasteiger partial charge in [0.05, 0.1) is 5.41 Å². The van der Waals surface area contributed by atoms with Crippen molar-refractivity contribution in [3.8, 4) is 0 Å². The quantitative estimate of drug-likeness (QED) is 0.490. The number of carboxylic acid groups (broad SMARTS) is 1. The number of carbonyl (C=O) groups is 1. The van der Waals surface area contributed by atoms with E-state index in [1.165, 1.54) is 0 Å². The second kappa shape index (κ2) is 7.81. The number of benzene rings is 2. The van der Waals surface area contributed by atoms with Gasteiger partial charge in [-0.1, -0.05) is 42.3 Å². The van der Waals surface area contributed by atoms with Gasteiger partial charge in [0.2, 0.25) is 0 Å². The lowest BCUT2D eigenvalue weighted by Crippen LogP contribution is -2.33. The van der Waals surface area contributed by atoms with Crippen molar-refractivity contribution in [3.05, 3.63) is 69.3 Å². The van der Waals surface area contributed by atoms with Crippen LogP contribution in [0, 0.1) is 18.3 Å². The van der Waals surface area contributed by atoms with E-state index in [2.05, 4.69) is 11.5 Å². The third kappa shape index (κ3) is 3.92. The van der Waals surface area contributed by atoms with Gasteiger partial charge in [0.25, 0.3) is 0 Å². The number of halogens is 2. The van der Waals surface area contributed by atoms with E-state index in [1.807, 2.05) is 49.4 Å². The zero-order chi connectivity index (χ0) is 20.6. The third-order valence-corrected chi connectivity index (χ3v) is 6.44. The van der Waals surface area contributed by atoms with Crippen LogP contribution in [0.25, 0.3) is 10.9 Å². The Morgan fingerprint density at radius 1 is 1.11 bits per heavy atom. The van der Waals surface area contributed by atoms with E-state index in [0.29, 0.717) is 23.0 Å². The molecule has 0 fully saturated rings. The van der Waals surface area contributed by atoms with Gasteiger partial charge >= 0.3 is 5.97 Å². The minimum absolute atomic E-state index is 0.0348. The van der Waals surface area contributed by atoms with Crippen LogP contribution in [-0.4, -0.2) is 15.6 Å². The number of rotatable bonds is 6. The molecular weight excluding hydrogens is 393 g/mol. The molecule has 3 rings (SSSR count). The van der Waals surface area contributed by atoms with Gasteiger partial charge in [-0.2, -0.15) is 0 Å². The summed E-state index contributed by atoms with van der Waals surface area (Å²) in [5.41, 5.74) is 3.73. The van der Waals surface area contributed by atoms with E-state index >= 15 is 0 Å². The number of hydrogen-bond donors (Lipinski definition) is 1. The van der Waals surface area contributed by atoms with E-state index in [-0.39, 0.29) is 5.92 Å². The van der Waals surface area contributed by atoms with Crippen molar-refractivity contribution in [3.63, 3.8) is 0 Å². The van der Waals surface area contributed by atoms with E-state index < -0.39 is 11.4 Å². The molecule has 0 aliphatic rings. The maximum absolute atomic E-state index is 11.7. The number of aryl methyl sites for hydroxylation is 1. The zero-order valence-corrected chi connectivity index (χ0v) is 18.1. The number of nitrogens with zero attached hydrogens (tertiary/aromatic N) is 1. The van der Waals surface area contributed by atoms with Crippen LogP contribution in [0.5, 0.6) is 0 Å². The summed E-state index contributed by atoms with van der Waals surface area (Å²) in [5, 5.41) is 12.1. The summed E-state index contributed by atoms with van der Waals surface area (Å²) in [6, 6.07) is 13.8. The van der Waals surface area contributed by atoms with E-state index in [9.17, 15) is 9.90 Å². The molecule has 3 aromatic rings. The molecule has 1 unspecified atom stereocenters. The number of hydrogen-bond acceptors (Lipinski definition) is 1. The summed E-state index contributed by atoms with van der Waals surface area (Å²) in [7, 11) is 0. The van der Waals surface area contributed by atoms with Crippen LogP contribution in [0.2, 0.25) is 10.0 Å². The highest BCUT2D eigenvalue weighted by Gasteiger charge is 2.34. The first-order valence-electron chi connectivity index (χ1n) is 9.36. The van der Waals surface area contributed by atoms with Crippen LogP contribution >= 0.6 is 23.2 Å². The van der Waals surface area contributed by atoms with Crippen LogP contribution in [0.3, 0.4) is 0 Å². The monoisotopic (exact) mass is 417 g/mol. The summed E-state index contributed by atoms with van der Waals surface area (Å²) in [6.45, 7) is 8.37. The van der Waals surface area contributed by atoms with E-state index in [4.69, 9.17) is 23.2 Å². The Morgan fingerprint density at radius 3 is 2.32 bits per heavy atom. The van der Waals surface area contributed by atoms with Gasteiger partial charge in [-0.25, -0.2) is 0 Å². The van der Waals surface area contributed by atoms with Crippen LogP contribution in [0.4, 0.5) is 0 Å². The fourth-order valence-corrected chi connectivity index (χ4v) is 3.82. The predicted molar refractivity (Wildman–Crippen MR) is 117 cm³/mol. The Hall–Kier alpha value is -1.97. The lowest BCUT2D eigenvalue weighted by atomic mass is 9.77. The predicted octanol–water partition coefficient (Wildman–Crippen LogP) is 6.59. The SMILES string of the molecule is Cc1c(CC(C)C(C)(C)C(=O)O)n(Cc2ccc(Cl)cc2)c2ccc(Cl)cc12. The molecule has 2 aromatic carbocycles. The molecule has 1 atom stereocenters. The minimum atomic E-state index is -0.814. The molecule has 0 saturated carbocycles. The smallest absolute Gasteiger partial charge is 0.309 e. The van der Waals surface area contributed by atoms with Crippen LogP contribution in [-0.2, 0) is 17.8 Å². The first-order valence-corrected chi connectivity index (χ1v) is 10.1. The normalized spacial score (nSPS) is 13.1. The van der Waals surface area contributed by atoms with Crippen molar-refractivity contribution in [1.29, 1.82) is 0 Å². The molecular formula is C23H25Cl2NO2. The maximum atomic E-state index is 11.7. The lowest BCUT2D eigenvalue weighted by molar-refractivity contribution is -0.149. The largest absolute Gasteiger partial charge is 0.481 e. The Morgan fingerprint density at radius 2 is 1.71 bits per heavy atom. The molecule has 0 aliphatic carbocycles. The van der Waals surface area contributed by atoms with Gasteiger partial charge in [-0.3, -0.25) is 4.79 Å². The fraction of sp³-hybridized carbons (Fsp3) is 0.348. The maximum Gasteiger partial charge on any atom is 0.309 e. The zero-order valence-electron chi connectivity index (χ0n) is 16.6.